The largest absolute Gasteiger partial charge is 0.508 e. The predicted octanol–water partition coefficient (Wildman–Crippen LogP) is 0.851. The van der Waals surface area contributed by atoms with Crippen LogP contribution in [-0.2, 0) is 0 Å². The summed E-state index contributed by atoms with van der Waals surface area (Å²) in [6, 6.07) is 3.08. The van der Waals surface area contributed by atoms with Crippen molar-refractivity contribution in [2.24, 2.45) is 0 Å². The summed E-state index contributed by atoms with van der Waals surface area (Å²) in [5.41, 5.74) is 6.87. The van der Waals surface area contributed by atoms with Gasteiger partial charge in [-0.05, 0) is 0 Å². The van der Waals surface area contributed by atoms with Crippen LogP contribution in [0.1, 0.15) is 0 Å². The lowest BCUT2D eigenvalue weighted by atomic mass is 10.2. The maximum atomic E-state index is 9.10. The lowest BCUT2D eigenvalue weighted by Crippen LogP contribution is -1.84. The van der Waals surface area contributed by atoms with Gasteiger partial charge in [-0.2, -0.15) is 5.10 Å². The number of nitrogen functional groups attached to an aromatic ring is 1. The van der Waals surface area contributed by atoms with Crippen LogP contribution < -0.4 is 5.73 Å². The molecule has 4 heteroatoms. The zero-order valence-corrected chi connectivity index (χ0v) is 5.70. The second-order valence-electron chi connectivity index (χ2n) is 2.37. The SMILES string of the molecule is Nc1cc(O)cc2[nH]ncc12. The number of benzene rings is 1. The van der Waals surface area contributed by atoms with Gasteiger partial charge in [-0.15, -0.1) is 0 Å². The average molecular weight is 149 g/mol. The number of anilines is 1. The molecule has 0 aliphatic heterocycles. The molecule has 4 N–H and O–H groups in total. The molecule has 0 radical (unpaired) electrons. The smallest absolute Gasteiger partial charge is 0.119 e. The van der Waals surface area contributed by atoms with Crippen LogP contribution in [0, 0.1) is 0 Å². The van der Waals surface area contributed by atoms with Gasteiger partial charge in [-0.1, -0.05) is 0 Å². The molecule has 0 saturated heterocycles. The van der Waals surface area contributed by atoms with E-state index in [0.29, 0.717) is 5.69 Å². The van der Waals surface area contributed by atoms with Gasteiger partial charge in [0.05, 0.1) is 11.7 Å². The van der Waals surface area contributed by atoms with E-state index in [2.05, 4.69) is 10.2 Å². The summed E-state index contributed by atoms with van der Waals surface area (Å²) >= 11 is 0. The van der Waals surface area contributed by atoms with Crippen molar-refractivity contribution < 1.29 is 5.11 Å². The Morgan fingerprint density at radius 3 is 3.09 bits per heavy atom. The number of phenols is 1. The van der Waals surface area contributed by atoms with E-state index in [4.69, 9.17) is 10.8 Å². The summed E-state index contributed by atoms with van der Waals surface area (Å²) in [6.45, 7) is 0. The van der Waals surface area contributed by atoms with Gasteiger partial charge in [0, 0.05) is 23.2 Å². The van der Waals surface area contributed by atoms with Crippen molar-refractivity contribution in [2.75, 3.05) is 5.73 Å². The van der Waals surface area contributed by atoms with Gasteiger partial charge in [-0.3, -0.25) is 5.10 Å². The molecule has 56 valence electrons. The van der Waals surface area contributed by atoms with Gasteiger partial charge in [0.25, 0.3) is 0 Å². The van der Waals surface area contributed by atoms with Crippen LogP contribution in [0.15, 0.2) is 18.3 Å². The lowest BCUT2D eigenvalue weighted by molar-refractivity contribution is 0.476. The van der Waals surface area contributed by atoms with Crippen molar-refractivity contribution in [2.45, 2.75) is 0 Å². The van der Waals surface area contributed by atoms with Gasteiger partial charge in [0.15, 0.2) is 0 Å². The summed E-state index contributed by atoms with van der Waals surface area (Å²) in [6.07, 6.45) is 1.63. The third-order valence-corrected chi connectivity index (χ3v) is 1.58. The van der Waals surface area contributed by atoms with Crippen molar-refractivity contribution >= 4 is 16.6 Å². The molecular formula is C7H7N3O. The molecule has 1 aromatic carbocycles. The van der Waals surface area contributed by atoms with Gasteiger partial charge >= 0.3 is 0 Å². The molecule has 4 nitrogen and oxygen atoms in total. The van der Waals surface area contributed by atoms with Crippen LogP contribution in [0.3, 0.4) is 0 Å². The minimum atomic E-state index is 0.152. The Kier molecular flexibility index (Phi) is 1.03. The number of hydrogen-bond acceptors (Lipinski definition) is 3. The standard InChI is InChI=1S/C7H7N3O/c8-6-1-4(11)2-7-5(6)3-9-10-7/h1-3,11H,8H2,(H,9,10). The molecule has 0 saturated carbocycles. The second-order valence-corrected chi connectivity index (χ2v) is 2.37. The van der Waals surface area contributed by atoms with E-state index >= 15 is 0 Å². The zero-order chi connectivity index (χ0) is 7.84. The van der Waals surface area contributed by atoms with Crippen LogP contribution in [0.4, 0.5) is 5.69 Å². The van der Waals surface area contributed by atoms with Crippen molar-refractivity contribution in [3.05, 3.63) is 18.3 Å². The van der Waals surface area contributed by atoms with E-state index in [1.807, 2.05) is 0 Å². The maximum absolute atomic E-state index is 9.10. The zero-order valence-electron chi connectivity index (χ0n) is 5.70. The Balaban J connectivity index is 2.91. The normalized spacial score (nSPS) is 10.5. The van der Waals surface area contributed by atoms with Gasteiger partial charge in [0.2, 0.25) is 0 Å². The molecule has 11 heavy (non-hydrogen) atoms. The van der Waals surface area contributed by atoms with E-state index < -0.39 is 0 Å². The number of aromatic amines is 1. The highest BCUT2D eigenvalue weighted by Gasteiger charge is 2.00. The molecule has 2 aromatic rings. The van der Waals surface area contributed by atoms with Gasteiger partial charge in [-0.25, -0.2) is 0 Å². The van der Waals surface area contributed by atoms with Crippen LogP contribution in [-0.4, -0.2) is 15.3 Å². The number of hydrogen-bond donors (Lipinski definition) is 3. The number of H-pyrrole nitrogens is 1. The Morgan fingerprint density at radius 1 is 1.45 bits per heavy atom. The summed E-state index contributed by atoms with van der Waals surface area (Å²) < 4.78 is 0. The predicted molar refractivity (Wildman–Crippen MR) is 42.2 cm³/mol. The Bertz CT molecular complexity index is 393. The molecule has 1 aromatic heterocycles. The van der Waals surface area contributed by atoms with Crippen molar-refractivity contribution in [1.29, 1.82) is 0 Å². The first-order valence-corrected chi connectivity index (χ1v) is 3.19. The van der Waals surface area contributed by atoms with E-state index in [1.165, 1.54) is 6.07 Å². The van der Waals surface area contributed by atoms with Crippen molar-refractivity contribution in [1.82, 2.24) is 10.2 Å². The number of aromatic nitrogens is 2. The number of aromatic hydroxyl groups is 1. The van der Waals surface area contributed by atoms with Crippen LogP contribution in [0.2, 0.25) is 0 Å². The first kappa shape index (κ1) is 6.03. The van der Waals surface area contributed by atoms with Gasteiger partial charge in [0.1, 0.15) is 5.75 Å². The highest BCUT2D eigenvalue weighted by Crippen LogP contribution is 2.23. The fourth-order valence-corrected chi connectivity index (χ4v) is 1.06. The Morgan fingerprint density at radius 2 is 2.27 bits per heavy atom. The number of nitrogens with one attached hydrogen (secondary N) is 1. The Hall–Kier alpha value is -1.71. The molecule has 0 unspecified atom stereocenters. The van der Waals surface area contributed by atoms with E-state index in [9.17, 15) is 0 Å². The molecule has 0 aliphatic carbocycles. The van der Waals surface area contributed by atoms with Crippen LogP contribution >= 0.6 is 0 Å². The van der Waals surface area contributed by atoms with Crippen LogP contribution in [0.5, 0.6) is 5.75 Å². The quantitative estimate of drug-likeness (QED) is 0.486. The average Bonchev–Trinajstić information content (AvgIpc) is 2.34. The molecule has 0 amide bonds. The van der Waals surface area contributed by atoms with E-state index in [0.717, 1.165) is 10.9 Å². The lowest BCUT2D eigenvalue weighted by Gasteiger charge is -1.95. The van der Waals surface area contributed by atoms with E-state index in [1.54, 1.807) is 12.3 Å². The number of phenolic OH excluding ortho intramolecular Hbond substituents is 1. The molecule has 0 bridgehead atoms. The summed E-state index contributed by atoms with van der Waals surface area (Å²) in [7, 11) is 0. The number of fused-ring (bicyclic) bond motifs is 1. The second kappa shape index (κ2) is 1.88. The minimum Gasteiger partial charge on any atom is -0.508 e. The summed E-state index contributed by atoms with van der Waals surface area (Å²) in [5.74, 6) is 0.152. The highest BCUT2D eigenvalue weighted by molar-refractivity contribution is 5.90. The fourth-order valence-electron chi connectivity index (χ4n) is 1.06. The molecule has 0 fully saturated rings. The highest BCUT2D eigenvalue weighted by atomic mass is 16.3. The minimum absolute atomic E-state index is 0.152. The molecular weight excluding hydrogens is 142 g/mol. The Labute approximate surface area is 62.6 Å². The maximum Gasteiger partial charge on any atom is 0.119 e. The molecule has 1 heterocycles. The molecule has 0 aliphatic rings. The van der Waals surface area contributed by atoms with Gasteiger partial charge < -0.3 is 10.8 Å². The molecule has 0 spiro atoms. The monoisotopic (exact) mass is 149 g/mol. The van der Waals surface area contributed by atoms with Crippen LogP contribution in [0.25, 0.3) is 10.9 Å². The number of nitrogens with zero attached hydrogens (tertiary/aromatic N) is 1. The molecule has 0 atom stereocenters. The number of rotatable bonds is 0. The summed E-state index contributed by atoms with van der Waals surface area (Å²) in [5, 5.41) is 16.4. The van der Waals surface area contributed by atoms with Crippen molar-refractivity contribution in [3.8, 4) is 5.75 Å². The summed E-state index contributed by atoms with van der Waals surface area (Å²) in [4.78, 5) is 0. The first-order valence-electron chi connectivity index (χ1n) is 3.19. The first-order chi connectivity index (χ1) is 5.27. The third kappa shape index (κ3) is 0.797. The topological polar surface area (TPSA) is 74.9 Å². The fraction of sp³-hybridized carbons (Fsp3) is 0. The number of nitrogens with two attached hydrogens (primary N) is 1. The van der Waals surface area contributed by atoms with E-state index in [-0.39, 0.29) is 5.75 Å². The molecule has 2 rings (SSSR count). The third-order valence-electron chi connectivity index (χ3n) is 1.58. The van der Waals surface area contributed by atoms with Crippen molar-refractivity contribution in [3.63, 3.8) is 0 Å².